The molecule has 1 saturated carbocycles. The van der Waals surface area contributed by atoms with Crippen molar-refractivity contribution in [2.75, 3.05) is 26.2 Å². The molecule has 1 aromatic rings. The average Bonchev–Trinajstić information content (AvgIpc) is 3.20. The predicted octanol–water partition coefficient (Wildman–Crippen LogP) is 2.73. The minimum Gasteiger partial charge on any atom is -0.505 e. The first-order valence-electron chi connectivity index (χ1n) is 6.69. The standard InChI is InChI=1S/C14H19FN2O.2ClH/c15-12-9-11(3-4-13(12)18)14(10-1-2-10)17-7-5-16-6-8-17;;/h3-4,9-10,14,16,18H,1-2,5-8H2;2*1H/t14-;;/m1../s1. The Bertz CT molecular complexity index is 437. The van der Waals surface area contributed by atoms with Gasteiger partial charge in [0.2, 0.25) is 0 Å². The van der Waals surface area contributed by atoms with Crippen LogP contribution in [0.3, 0.4) is 0 Å². The van der Waals surface area contributed by atoms with Crippen LogP contribution in [0.25, 0.3) is 0 Å². The minimum atomic E-state index is -0.506. The molecule has 2 aliphatic rings. The lowest BCUT2D eigenvalue weighted by atomic mass is 9.99. The molecule has 114 valence electrons. The summed E-state index contributed by atoms with van der Waals surface area (Å²) in [5, 5.41) is 12.6. The fourth-order valence-corrected chi connectivity index (χ4v) is 2.86. The molecular formula is C14H21Cl2FN2O. The van der Waals surface area contributed by atoms with Crippen LogP contribution in [0.2, 0.25) is 0 Å². The monoisotopic (exact) mass is 322 g/mol. The Morgan fingerprint density at radius 3 is 2.40 bits per heavy atom. The van der Waals surface area contributed by atoms with Gasteiger partial charge in [-0.25, -0.2) is 4.39 Å². The van der Waals surface area contributed by atoms with Crippen LogP contribution in [0.1, 0.15) is 24.4 Å². The fourth-order valence-electron chi connectivity index (χ4n) is 2.86. The Kier molecular flexibility index (Phi) is 6.52. The zero-order valence-corrected chi connectivity index (χ0v) is 12.9. The molecule has 0 spiro atoms. The van der Waals surface area contributed by atoms with Gasteiger partial charge in [0.25, 0.3) is 0 Å². The molecule has 2 N–H and O–H groups in total. The van der Waals surface area contributed by atoms with Crippen molar-refractivity contribution in [3.05, 3.63) is 29.6 Å². The van der Waals surface area contributed by atoms with Crippen molar-refractivity contribution in [2.24, 2.45) is 5.92 Å². The second kappa shape index (κ2) is 7.46. The smallest absolute Gasteiger partial charge is 0.165 e. The van der Waals surface area contributed by atoms with E-state index in [-0.39, 0.29) is 30.6 Å². The maximum absolute atomic E-state index is 13.5. The number of benzene rings is 1. The van der Waals surface area contributed by atoms with Gasteiger partial charge in [0.05, 0.1) is 0 Å². The summed E-state index contributed by atoms with van der Waals surface area (Å²) in [6.45, 7) is 4.04. The highest BCUT2D eigenvalue weighted by atomic mass is 35.5. The molecule has 3 nitrogen and oxygen atoms in total. The number of nitrogens with zero attached hydrogens (tertiary/aromatic N) is 1. The van der Waals surface area contributed by atoms with E-state index in [1.165, 1.54) is 25.0 Å². The summed E-state index contributed by atoms with van der Waals surface area (Å²) in [5.74, 6) is -0.103. The van der Waals surface area contributed by atoms with E-state index < -0.39 is 5.82 Å². The number of phenolic OH excluding ortho intramolecular Hbond substituents is 1. The largest absolute Gasteiger partial charge is 0.505 e. The topological polar surface area (TPSA) is 35.5 Å². The molecule has 0 amide bonds. The summed E-state index contributed by atoms with van der Waals surface area (Å²) in [5.41, 5.74) is 1.01. The SMILES string of the molecule is Cl.Cl.Oc1ccc([C@@H](C2CC2)N2CCNCC2)cc1F. The number of nitrogens with one attached hydrogen (secondary N) is 1. The van der Waals surface area contributed by atoms with Crippen LogP contribution >= 0.6 is 24.8 Å². The summed E-state index contributed by atoms with van der Waals surface area (Å²) in [7, 11) is 0. The van der Waals surface area contributed by atoms with E-state index in [1.807, 2.05) is 6.07 Å². The molecule has 3 rings (SSSR count). The molecule has 6 heteroatoms. The van der Waals surface area contributed by atoms with Gasteiger partial charge in [-0.05, 0) is 36.5 Å². The predicted molar refractivity (Wildman–Crippen MR) is 82.5 cm³/mol. The summed E-state index contributed by atoms with van der Waals surface area (Å²) in [6.07, 6.45) is 2.47. The fraction of sp³-hybridized carbons (Fsp3) is 0.571. The molecule has 0 bridgehead atoms. The zero-order chi connectivity index (χ0) is 12.5. The van der Waals surface area contributed by atoms with Crippen molar-refractivity contribution >= 4 is 24.8 Å². The van der Waals surface area contributed by atoms with Crippen molar-refractivity contribution in [2.45, 2.75) is 18.9 Å². The maximum atomic E-state index is 13.5. The van der Waals surface area contributed by atoms with Crippen LogP contribution in [0.15, 0.2) is 18.2 Å². The summed E-state index contributed by atoms with van der Waals surface area (Å²) in [6, 6.07) is 5.16. The highest BCUT2D eigenvalue weighted by Crippen LogP contribution is 2.45. The van der Waals surface area contributed by atoms with Gasteiger partial charge in [-0.2, -0.15) is 0 Å². The molecule has 0 unspecified atom stereocenters. The van der Waals surface area contributed by atoms with Crippen LogP contribution in [0.5, 0.6) is 5.75 Å². The summed E-state index contributed by atoms with van der Waals surface area (Å²) >= 11 is 0. The highest BCUT2D eigenvalue weighted by molar-refractivity contribution is 5.85. The first kappa shape index (κ1) is 17.5. The normalized spacial score (nSPS) is 20.6. The van der Waals surface area contributed by atoms with Gasteiger partial charge in [-0.3, -0.25) is 4.90 Å². The molecule has 1 heterocycles. The number of phenols is 1. The number of halogens is 3. The van der Waals surface area contributed by atoms with Crippen molar-refractivity contribution < 1.29 is 9.50 Å². The van der Waals surface area contributed by atoms with Crippen molar-refractivity contribution in [1.29, 1.82) is 0 Å². The Morgan fingerprint density at radius 2 is 1.85 bits per heavy atom. The lowest BCUT2D eigenvalue weighted by Gasteiger charge is -2.35. The molecule has 1 aromatic carbocycles. The molecule has 1 aliphatic carbocycles. The highest BCUT2D eigenvalue weighted by Gasteiger charge is 2.36. The summed E-state index contributed by atoms with van der Waals surface area (Å²) in [4.78, 5) is 2.44. The average molecular weight is 323 g/mol. The van der Waals surface area contributed by atoms with E-state index in [2.05, 4.69) is 10.2 Å². The van der Waals surface area contributed by atoms with E-state index in [0.717, 1.165) is 31.7 Å². The van der Waals surface area contributed by atoms with Crippen molar-refractivity contribution in [1.82, 2.24) is 10.2 Å². The Balaban J connectivity index is 0.000001000. The number of rotatable bonds is 3. The zero-order valence-electron chi connectivity index (χ0n) is 11.2. The van der Waals surface area contributed by atoms with Crippen molar-refractivity contribution in [3.63, 3.8) is 0 Å². The van der Waals surface area contributed by atoms with Gasteiger partial charge in [0.1, 0.15) is 0 Å². The molecule has 2 fully saturated rings. The Morgan fingerprint density at radius 1 is 1.20 bits per heavy atom. The number of piperazine rings is 1. The van der Waals surface area contributed by atoms with Gasteiger partial charge in [-0.1, -0.05) is 6.07 Å². The summed E-state index contributed by atoms with van der Waals surface area (Å²) < 4.78 is 13.5. The lowest BCUT2D eigenvalue weighted by Crippen LogP contribution is -2.45. The Hall–Kier alpha value is -0.550. The first-order chi connectivity index (χ1) is 8.75. The number of aromatic hydroxyl groups is 1. The lowest BCUT2D eigenvalue weighted by molar-refractivity contribution is 0.156. The van der Waals surface area contributed by atoms with Gasteiger partial charge in [0, 0.05) is 32.2 Å². The van der Waals surface area contributed by atoms with Crippen LogP contribution in [0, 0.1) is 11.7 Å². The maximum Gasteiger partial charge on any atom is 0.165 e. The third kappa shape index (κ3) is 3.76. The van der Waals surface area contributed by atoms with Gasteiger partial charge in [-0.15, -0.1) is 24.8 Å². The third-order valence-corrected chi connectivity index (χ3v) is 3.93. The molecule has 20 heavy (non-hydrogen) atoms. The van der Waals surface area contributed by atoms with E-state index >= 15 is 0 Å². The van der Waals surface area contributed by atoms with E-state index in [1.54, 1.807) is 0 Å². The molecule has 0 aromatic heterocycles. The Labute approximate surface area is 131 Å². The number of hydrogen-bond acceptors (Lipinski definition) is 3. The third-order valence-electron chi connectivity index (χ3n) is 3.93. The van der Waals surface area contributed by atoms with Crippen LogP contribution < -0.4 is 5.32 Å². The van der Waals surface area contributed by atoms with Gasteiger partial charge >= 0.3 is 0 Å². The van der Waals surface area contributed by atoms with Gasteiger partial charge < -0.3 is 10.4 Å². The van der Waals surface area contributed by atoms with Crippen LogP contribution in [0.4, 0.5) is 4.39 Å². The van der Waals surface area contributed by atoms with Crippen LogP contribution in [-0.4, -0.2) is 36.2 Å². The second-order valence-corrected chi connectivity index (χ2v) is 5.28. The van der Waals surface area contributed by atoms with E-state index in [9.17, 15) is 9.50 Å². The quantitative estimate of drug-likeness (QED) is 0.898. The molecule has 1 aliphatic heterocycles. The number of hydrogen-bond donors (Lipinski definition) is 2. The molecule has 0 radical (unpaired) electrons. The van der Waals surface area contributed by atoms with E-state index in [0.29, 0.717) is 12.0 Å². The minimum absolute atomic E-state index is 0. The molecular weight excluding hydrogens is 302 g/mol. The first-order valence-corrected chi connectivity index (χ1v) is 6.69. The second-order valence-electron chi connectivity index (χ2n) is 5.28. The van der Waals surface area contributed by atoms with Gasteiger partial charge in [0.15, 0.2) is 11.6 Å². The van der Waals surface area contributed by atoms with E-state index in [4.69, 9.17) is 0 Å². The van der Waals surface area contributed by atoms with Crippen molar-refractivity contribution in [3.8, 4) is 5.75 Å². The molecule has 1 saturated heterocycles. The molecule has 1 atom stereocenters. The van der Waals surface area contributed by atoms with Crippen LogP contribution in [-0.2, 0) is 0 Å².